The molecule has 2 aromatic heterocycles. The molecule has 198 valence electrons. The van der Waals surface area contributed by atoms with Crippen molar-refractivity contribution in [3.05, 3.63) is 145 Å². The highest BCUT2D eigenvalue weighted by Crippen LogP contribution is 2.36. The summed E-state index contributed by atoms with van der Waals surface area (Å²) in [6.07, 6.45) is -0.325. The lowest BCUT2D eigenvalue weighted by atomic mass is 10.0. The van der Waals surface area contributed by atoms with Crippen molar-refractivity contribution in [2.45, 2.75) is 6.17 Å². The van der Waals surface area contributed by atoms with Gasteiger partial charge in [0.15, 0.2) is 0 Å². The lowest BCUT2D eigenvalue weighted by molar-refractivity contribution is 0.659. The third kappa shape index (κ3) is 3.37. The Kier molecular flexibility index (Phi) is 4.90. The van der Waals surface area contributed by atoms with Crippen LogP contribution in [0.3, 0.4) is 0 Å². The van der Waals surface area contributed by atoms with Gasteiger partial charge in [-0.2, -0.15) is 4.99 Å². The second kappa shape index (κ2) is 8.91. The Morgan fingerprint density at radius 2 is 1.19 bits per heavy atom. The van der Waals surface area contributed by atoms with E-state index in [0.717, 1.165) is 60.7 Å². The SMILES string of the molecule is c1ccc(C2N=C(n3c4ccccc4c4ccccc43)N=C(c3cccc4c3oc3c5ccccc5ccc43)N2)cc1. The third-order valence-electron chi connectivity index (χ3n) is 8.27. The first-order valence-electron chi connectivity index (χ1n) is 14.1. The predicted molar refractivity (Wildman–Crippen MR) is 172 cm³/mol. The minimum absolute atomic E-state index is 0.325. The first kappa shape index (κ1) is 23.1. The summed E-state index contributed by atoms with van der Waals surface area (Å²) in [6.45, 7) is 0. The number of nitrogens with one attached hydrogen (secondary N) is 1. The Hall–Kier alpha value is -5.68. The van der Waals surface area contributed by atoms with Crippen LogP contribution in [-0.2, 0) is 0 Å². The van der Waals surface area contributed by atoms with Crippen molar-refractivity contribution >= 4 is 66.3 Å². The molecule has 0 saturated heterocycles. The standard InChI is InChI=1S/C37H24N4O/c1-2-12-24(13-3-1)35-38-36(40-37(39-35)41-31-19-8-6-15-26(31)27-16-7-9-20-32(27)41)30-18-10-17-28-29-22-21-23-11-4-5-14-25(23)33(29)42-34(28)30/h1-22,35H,(H,38,39,40). The molecule has 42 heavy (non-hydrogen) atoms. The maximum atomic E-state index is 6.69. The zero-order valence-electron chi connectivity index (χ0n) is 22.5. The molecule has 8 aromatic rings. The van der Waals surface area contributed by atoms with Crippen LogP contribution in [0.2, 0.25) is 0 Å². The molecule has 0 radical (unpaired) electrons. The van der Waals surface area contributed by atoms with Gasteiger partial charge in [0.05, 0.1) is 16.6 Å². The Bertz CT molecular complexity index is 2340. The lowest BCUT2D eigenvalue weighted by Gasteiger charge is -2.24. The first-order chi connectivity index (χ1) is 20.8. The summed E-state index contributed by atoms with van der Waals surface area (Å²) in [7, 11) is 0. The summed E-state index contributed by atoms with van der Waals surface area (Å²) in [4.78, 5) is 10.4. The zero-order chi connectivity index (χ0) is 27.6. The van der Waals surface area contributed by atoms with E-state index in [9.17, 15) is 0 Å². The smallest absolute Gasteiger partial charge is 0.234 e. The minimum Gasteiger partial charge on any atom is -0.455 e. The van der Waals surface area contributed by atoms with Gasteiger partial charge in [0.1, 0.15) is 23.2 Å². The van der Waals surface area contributed by atoms with Crippen LogP contribution in [0, 0.1) is 0 Å². The van der Waals surface area contributed by atoms with Crippen molar-refractivity contribution in [1.82, 2.24) is 9.88 Å². The van der Waals surface area contributed by atoms with E-state index in [0.29, 0.717) is 5.96 Å². The number of para-hydroxylation sites is 3. The van der Waals surface area contributed by atoms with E-state index in [1.54, 1.807) is 0 Å². The molecule has 1 N–H and O–H groups in total. The van der Waals surface area contributed by atoms with Crippen LogP contribution in [0.1, 0.15) is 17.3 Å². The van der Waals surface area contributed by atoms with Crippen molar-refractivity contribution in [1.29, 1.82) is 0 Å². The van der Waals surface area contributed by atoms with Gasteiger partial charge in [0.2, 0.25) is 5.96 Å². The Labute approximate surface area is 241 Å². The quantitative estimate of drug-likeness (QED) is 0.238. The molecular weight excluding hydrogens is 516 g/mol. The van der Waals surface area contributed by atoms with Crippen LogP contribution in [-0.4, -0.2) is 16.4 Å². The van der Waals surface area contributed by atoms with E-state index < -0.39 is 0 Å². The van der Waals surface area contributed by atoms with Gasteiger partial charge in [-0.05, 0) is 35.2 Å². The molecule has 0 amide bonds. The summed E-state index contributed by atoms with van der Waals surface area (Å²) in [5.74, 6) is 1.36. The molecule has 1 atom stereocenters. The number of hydrogen-bond acceptors (Lipinski definition) is 4. The minimum atomic E-state index is -0.325. The van der Waals surface area contributed by atoms with Crippen LogP contribution in [0.15, 0.2) is 148 Å². The Morgan fingerprint density at radius 1 is 0.548 bits per heavy atom. The molecule has 0 saturated carbocycles. The third-order valence-corrected chi connectivity index (χ3v) is 8.27. The van der Waals surface area contributed by atoms with Crippen molar-refractivity contribution in [3.8, 4) is 0 Å². The summed E-state index contributed by atoms with van der Waals surface area (Å²) < 4.78 is 8.86. The van der Waals surface area contributed by atoms with Crippen molar-refractivity contribution in [2.24, 2.45) is 9.98 Å². The van der Waals surface area contributed by atoms with Gasteiger partial charge in [-0.3, -0.25) is 4.57 Å². The highest BCUT2D eigenvalue weighted by atomic mass is 16.3. The second-order valence-electron chi connectivity index (χ2n) is 10.7. The molecule has 1 aliphatic heterocycles. The van der Waals surface area contributed by atoms with Crippen molar-refractivity contribution in [2.75, 3.05) is 0 Å². The van der Waals surface area contributed by atoms with Gasteiger partial charge in [-0.1, -0.05) is 109 Å². The maximum Gasteiger partial charge on any atom is 0.234 e. The molecular formula is C37H24N4O. The van der Waals surface area contributed by atoms with E-state index in [-0.39, 0.29) is 6.17 Å². The molecule has 3 heterocycles. The van der Waals surface area contributed by atoms with E-state index >= 15 is 0 Å². The molecule has 0 bridgehead atoms. The number of furan rings is 1. The number of aliphatic imine (C=N–C) groups is 2. The monoisotopic (exact) mass is 540 g/mol. The number of aromatic nitrogens is 1. The van der Waals surface area contributed by atoms with Crippen LogP contribution in [0.25, 0.3) is 54.5 Å². The van der Waals surface area contributed by atoms with Crippen LogP contribution >= 0.6 is 0 Å². The Morgan fingerprint density at radius 3 is 1.98 bits per heavy atom. The summed E-state index contributed by atoms with van der Waals surface area (Å²) in [5.41, 5.74) is 5.81. The molecule has 6 aromatic carbocycles. The average Bonchev–Trinajstić information content (AvgIpc) is 3.61. The fourth-order valence-electron chi connectivity index (χ4n) is 6.33. The number of fused-ring (bicyclic) bond motifs is 8. The fraction of sp³-hybridized carbons (Fsp3) is 0.0270. The lowest BCUT2D eigenvalue weighted by Crippen LogP contribution is -2.35. The van der Waals surface area contributed by atoms with Crippen LogP contribution in [0.4, 0.5) is 0 Å². The molecule has 0 fully saturated rings. The summed E-state index contributed by atoms with van der Waals surface area (Å²) in [6, 6.07) is 46.2. The number of amidine groups is 1. The average molecular weight is 541 g/mol. The molecule has 0 aliphatic carbocycles. The zero-order valence-corrected chi connectivity index (χ0v) is 22.5. The van der Waals surface area contributed by atoms with Gasteiger partial charge in [0.25, 0.3) is 0 Å². The molecule has 1 unspecified atom stereocenters. The normalized spacial score (nSPS) is 15.4. The van der Waals surface area contributed by atoms with Gasteiger partial charge < -0.3 is 9.73 Å². The van der Waals surface area contributed by atoms with Gasteiger partial charge in [0, 0.05) is 26.9 Å². The number of benzene rings is 6. The van der Waals surface area contributed by atoms with E-state index in [1.165, 1.54) is 10.8 Å². The molecule has 0 spiro atoms. The second-order valence-corrected chi connectivity index (χ2v) is 10.7. The van der Waals surface area contributed by atoms with E-state index in [4.69, 9.17) is 14.4 Å². The van der Waals surface area contributed by atoms with Gasteiger partial charge >= 0.3 is 0 Å². The number of nitrogens with zero attached hydrogens (tertiary/aromatic N) is 3. The van der Waals surface area contributed by atoms with E-state index in [2.05, 4.69) is 125 Å². The number of hydrogen-bond donors (Lipinski definition) is 1. The maximum absolute atomic E-state index is 6.69. The topological polar surface area (TPSA) is 54.8 Å². The van der Waals surface area contributed by atoms with Gasteiger partial charge in [-0.15, -0.1) is 0 Å². The summed E-state index contributed by atoms with van der Waals surface area (Å²) in [5, 5.41) is 10.4. The largest absolute Gasteiger partial charge is 0.455 e. The molecule has 5 heteroatoms. The van der Waals surface area contributed by atoms with Crippen LogP contribution < -0.4 is 5.32 Å². The Balaban J connectivity index is 1.31. The van der Waals surface area contributed by atoms with Gasteiger partial charge in [-0.25, -0.2) is 4.99 Å². The van der Waals surface area contributed by atoms with Crippen molar-refractivity contribution in [3.63, 3.8) is 0 Å². The highest BCUT2D eigenvalue weighted by molar-refractivity contribution is 6.22. The molecule has 9 rings (SSSR count). The van der Waals surface area contributed by atoms with Crippen LogP contribution in [0.5, 0.6) is 0 Å². The first-order valence-corrected chi connectivity index (χ1v) is 14.1. The molecule has 1 aliphatic rings. The predicted octanol–water partition coefficient (Wildman–Crippen LogP) is 8.80. The molecule has 5 nitrogen and oxygen atoms in total. The van der Waals surface area contributed by atoms with Crippen molar-refractivity contribution < 1.29 is 4.42 Å². The van der Waals surface area contributed by atoms with E-state index in [1.807, 2.05) is 18.2 Å². The number of rotatable bonds is 2. The summed E-state index contributed by atoms with van der Waals surface area (Å²) >= 11 is 0. The highest BCUT2D eigenvalue weighted by Gasteiger charge is 2.25. The fourth-order valence-corrected chi connectivity index (χ4v) is 6.33.